The molecule has 1 fully saturated rings. The molecule has 5 rings (SSSR count). The van der Waals surface area contributed by atoms with E-state index in [1.54, 1.807) is 24.8 Å². The maximum absolute atomic E-state index is 13.4. The van der Waals surface area contributed by atoms with E-state index in [9.17, 15) is 14.4 Å². The van der Waals surface area contributed by atoms with Crippen LogP contribution in [0.25, 0.3) is 10.9 Å². The van der Waals surface area contributed by atoms with Gasteiger partial charge in [0.05, 0.1) is 18.2 Å². The number of aryl methyl sites for hydroxylation is 1. The second-order valence-electron chi connectivity index (χ2n) is 12.6. The highest BCUT2D eigenvalue weighted by Crippen LogP contribution is 2.35. The summed E-state index contributed by atoms with van der Waals surface area (Å²) in [5.41, 5.74) is 1.18. The van der Waals surface area contributed by atoms with Gasteiger partial charge < -0.3 is 33.7 Å². The number of methoxy groups -OCH3 is 1. The molecule has 0 spiro atoms. The van der Waals surface area contributed by atoms with Crippen molar-refractivity contribution in [3.8, 4) is 17.2 Å². The molecule has 10 heteroatoms. The fraction of sp³-hybridized carbons (Fsp3) is 0.500. The predicted molar refractivity (Wildman–Crippen MR) is 168 cm³/mol. The number of ether oxygens (including phenoxy) is 4. The number of carbonyl (C=O) groups is 2. The Balaban J connectivity index is 1.29. The van der Waals surface area contributed by atoms with Crippen molar-refractivity contribution in [3.05, 3.63) is 63.9 Å². The first-order valence-electron chi connectivity index (χ1n) is 15.4. The van der Waals surface area contributed by atoms with Crippen molar-refractivity contribution in [2.75, 3.05) is 27.4 Å². The Hall–Kier alpha value is -4.21. The lowest BCUT2D eigenvalue weighted by Crippen LogP contribution is -2.44. The van der Waals surface area contributed by atoms with E-state index in [4.69, 9.17) is 18.9 Å². The molecule has 0 radical (unpaired) electrons. The minimum absolute atomic E-state index is 0.0361. The highest BCUT2D eigenvalue weighted by Gasteiger charge is 2.32. The van der Waals surface area contributed by atoms with Crippen LogP contribution in [0.3, 0.4) is 0 Å². The number of aromatic nitrogens is 1. The zero-order valence-corrected chi connectivity index (χ0v) is 26.3. The van der Waals surface area contributed by atoms with Gasteiger partial charge in [0, 0.05) is 43.7 Å². The zero-order valence-electron chi connectivity index (χ0n) is 26.3. The second-order valence-corrected chi connectivity index (χ2v) is 12.6. The molecule has 2 aromatic carbocycles. The summed E-state index contributed by atoms with van der Waals surface area (Å²) >= 11 is 0. The highest BCUT2D eigenvalue weighted by atomic mass is 16.6. The summed E-state index contributed by atoms with van der Waals surface area (Å²) in [6.07, 6.45) is 4.03. The monoisotopic (exact) mass is 605 g/mol. The number of hydrogen-bond acceptors (Lipinski definition) is 7. The van der Waals surface area contributed by atoms with Crippen LogP contribution in [0, 0.1) is 5.92 Å². The summed E-state index contributed by atoms with van der Waals surface area (Å²) in [7, 11) is 3.14. The Labute approximate surface area is 258 Å². The average molecular weight is 606 g/mol. The Bertz CT molecular complexity index is 1570. The quantitative estimate of drug-likeness (QED) is 0.360. The maximum Gasteiger partial charge on any atom is 0.410 e. The van der Waals surface area contributed by atoms with Crippen molar-refractivity contribution in [3.63, 3.8) is 0 Å². The first-order valence-corrected chi connectivity index (χ1v) is 15.4. The van der Waals surface area contributed by atoms with Gasteiger partial charge in [-0.25, -0.2) is 4.79 Å². The van der Waals surface area contributed by atoms with E-state index in [0.717, 1.165) is 43.4 Å². The fourth-order valence-electron chi connectivity index (χ4n) is 6.14. The first kappa shape index (κ1) is 31.2. The third-order valence-electron chi connectivity index (χ3n) is 8.40. The molecular weight excluding hydrogens is 562 g/mol. The molecule has 1 aliphatic heterocycles. The number of fused-ring (bicyclic) bond motifs is 2. The van der Waals surface area contributed by atoms with Crippen molar-refractivity contribution in [2.24, 2.45) is 5.92 Å². The van der Waals surface area contributed by atoms with Gasteiger partial charge in [-0.1, -0.05) is 6.07 Å². The Morgan fingerprint density at radius 3 is 2.41 bits per heavy atom. The molecule has 0 unspecified atom stereocenters. The van der Waals surface area contributed by atoms with Crippen molar-refractivity contribution < 1.29 is 28.5 Å². The maximum atomic E-state index is 13.4. The largest absolute Gasteiger partial charge is 0.497 e. The van der Waals surface area contributed by atoms with Gasteiger partial charge in [-0.15, -0.1) is 0 Å². The van der Waals surface area contributed by atoms with Gasteiger partial charge in [0.2, 0.25) is 0 Å². The molecule has 44 heavy (non-hydrogen) atoms. The van der Waals surface area contributed by atoms with E-state index >= 15 is 0 Å². The standard InChI is InChI=1S/C34H43N3O7/c1-34(2,3)44-33(40)37(21-23-8-13-29-30(18-23)43-17-16-42-29)24-9-6-22(7-10-24)14-15-36-28-19-25(41-5)11-12-26(28)27(20-31(36)38)32(39)35-4/h8,11-13,18-20,22,24H,6-7,9-10,14-17,21H2,1-5H3,(H,35,39). The van der Waals surface area contributed by atoms with Crippen molar-refractivity contribution in [1.82, 2.24) is 14.8 Å². The minimum Gasteiger partial charge on any atom is -0.497 e. The lowest BCUT2D eigenvalue weighted by Gasteiger charge is -2.38. The third kappa shape index (κ3) is 7.11. The zero-order chi connectivity index (χ0) is 31.4. The third-order valence-corrected chi connectivity index (χ3v) is 8.40. The molecule has 2 heterocycles. The summed E-state index contributed by atoms with van der Waals surface area (Å²) < 4.78 is 24.4. The number of nitrogens with one attached hydrogen (secondary N) is 1. The topological polar surface area (TPSA) is 108 Å². The number of carbonyl (C=O) groups excluding carboxylic acids is 2. The van der Waals surface area contributed by atoms with Gasteiger partial charge in [-0.3, -0.25) is 9.59 Å². The summed E-state index contributed by atoms with van der Waals surface area (Å²) in [6, 6.07) is 12.7. The van der Waals surface area contributed by atoms with Crippen LogP contribution < -0.4 is 25.1 Å². The Morgan fingerprint density at radius 1 is 1.00 bits per heavy atom. The highest BCUT2D eigenvalue weighted by molar-refractivity contribution is 6.06. The van der Waals surface area contributed by atoms with Crippen molar-refractivity contribution >= 4 is 22.9 Å². The van der Waals surface area contributed by atoms with Crippen molar-refractivity contribution in [2.45, 2.75) is 77.6 Å². The number of benzene rings is 2. The van der Waals surface area contributed by atoms with E-state index in [0.29, 0.717) is 60.2 Å². The molecule has 236 valence electrons. The number of rotatable bonds is 8. The van der Waals surface area contributed by atoms with Crippen LogP contribution in [0.4, 0.5) is 4.79 Å². The lowest BCUT2D eigenvalue weighted by atomic mass is 9.83. The molecule has 0 bridgehead atoms. The molecule has 10 nitrogen and oxygen atoms in total. The second kappa shape index (κ2) is 13.2. The Morgan fingerprint density at radius 2 is 1.73 bits per heavy atom. The van der Waals surface area contributed by atoms with Crippen LogP contribution in [0.5, 0.6) is 17.2 Å². The van der Waals surface area contributed by atoms with Crippen molar-refractivity contribution in [1.29, 1.82) is 0 Å². The minimum atomic E-state index is -0.606. The summed E-state index contributed by atoms with van der Waals surface area (Å²) in [5.74, 6) is 2.14. The summed E-state index contributed by atoms with van der Waals surface area (Å²) in [6.45, 7) is 7.62. The van der Waals surface area contributed by atoms with Gasteiger partial charge >= 0.3 is 6.09 Å². The van der Waals surface area contributed by atoms with Crippen LogP contribution in [0.15, 0.2) is 47.3 Å². The summed E-state index contributed by atoms with van der Waals surface area (Å²) in [5, 5.41) is 3.34. The molecule has 1 saturated carbocycles. The first-order chi connectivity index (χ1) is 21.1. The van der Waals surface area contributed by atoms with Crippen LogP contribution in [0.2, 0.25) is 0 Å². The van der Waals surface area contributed by atoms with Crippen LogP contribution in [-0.4, -0.2) is 60.5 Å². The normalized spacial score (nSPS) is 18.0. The van der Waals surface area contributed by atoms with E-state index in [1.165, 1.54) is 6.07 Å². The van der Waals surface area contributed by atoms with E-state index in [2.05, 4.69) is 5.32 Å². The van der Waals surface area contributed by atoms with E-state index in [1.807, 2.05) is 56.0 Å². The Kier molecular flexibility index (Phi) is 9.36. The lowest BCUT2D eigenvalue weighted by molar-refractivity contribution is 0.00768. The predicted octanol–water partition coefficient (Wildman–Crippen LogP) is 5.53. The SMILES string of the molecule is CNC(=O)c1cc(=O)n(CCC2CCC(N(Cc3ccc4c(c3)OCCO4)C(=O)OC(C)(C)C)CC2)c2cc(OC)ccc12. The van der Waals surface area contributed by atoms with Gasteiger partial charge in [0.1, 0.15) is 24.6 Å². The molecule has 1 N–H and O–H groups in total. The van der Waals surface area contributed by atoms with E-state index < -0.39 is 5.60 Å². The molecule has 1 aromatic heterocycles. The number of pyridine rings is 1. The molecule has 0 atom stereocenters. The van der Waals surface area contributed by atoms with Crippen LogP contribution in [-0.2, 0) is 17.8 Å². The molecule has 2 aliphatic rings. The number of nitrogens with zero attached hydrogens (tertiary/aromatic N) is 2. The van der Waals surface area contributed by atoms with Crippen LogP contribution in [0.1, 0.15) is 68.8 Å². The molecular formula is C34H43N3O7. The summed E-state index contributed by atoms with van der Waals surface area (Å²) in [4.78, 5) is 41.0. The van der Waals surface area contributed by atoms with Crippen LogP contribution >= 0.6 is 0 Å². The van der Waals surface area contributed by atoms with E-state index in [-0.39, 0.29) is 23.6 Å². The molecule has 0 saturated heterocycles. The smallest absolute Gasteiger partial charge is 0.410 e. The molecule has 2 amide bonds. The van der Waals surface area contributed by atoms with Gasteiger partial charge in [-0.05, 0) is 88.6 Å². The fourth-order valence-corrected chi connectivity index (χ4v) is 6.14. The number of hydrogen-bond donors (Lipinski definition) is 1. The van der Waals surface area contributed by atoms with Gasteiger partial charge in [0.15, 0.2) is 11.5 Å². The molecule has 3 aromatic rings. The van der Waals surface area contributed by atoms with Gasteiger partial charge in [-0.2, -0.15) is 0 Å². The molecule has 1 aliphatic carbocycles. The average Bonchev–Trinajstić information content (AvgIpc) is 3.01. The number of amides is 2. The van der Waals surface area contributed by atoms with Gasteiger partial charge in [0.25, 0.3) is 11.5 Å².